The number of hydrogen-bond acceptors (Lipinski definition) is 4. The van der Waals surface area contributed by atoms with E-state index in [4.69, 9.17) is 4.74 Å². The number of methoxy groups -OCH3 is 1. The molecular formula is C12H17N3O2. The summed E-state index contributed by atoms with van der Waals surface area (Å²) in [4.78, 5) is 20.1. The van der Waals surface area contributed by atoms with Crippen LogP contribution in [-0.2, 0) is 16.0 Å². The molecule has 5 heteroatoms. The minimum absolute atomic E-state index is 0.0296. The molecule has 1 atom stereocenters. The van der Waals surface area contributed by atoms with E-state index in [1.165, 1.54) is 7.11 Å². The third kappa shape index (κ3) is 2.79. The Morgan fingerprint density at radius 2 is 2.47 bits per heavy atom. The number of nitrogens with one attached hydrogen (secondary N) is 1. The molecule has 1 amide bonds. The van der Waals surface area contributed by atoms with Crippen molar-refractivity contribution in [2.75, 3.05) is 13.7 Å². The van der Waals surface area contributed by atoms with Gasteiger partial charge in [0.2, 0.25) is 5.91 Å². The van der Waals surface area contributed by atoms with Gasteiger partial charge in [-0.05, 0) is 26.2 Å². The molecule has 0 saturated heterocycles. The highest BCUT2D eigenvalue weighted by Crippen LogP contribution is 2.27. The summed E-state index contributed by atoms with van der Waals surface area (Å²) in [5, 5.41) is 2.95. The van der Waals surface area contributed by atoms with Gasteiger partial charge in [0.25, 0.3) is 0 Å². The number of carbonyl (C=O) groups is 1. The quantitative estimate of drug-likeness (QED) is 0.846. The van der Waals surface area contributed by atoms with Crippen LogP contribution in [0.15, 0.2) is 6.20 Å². The SMILES string of the molecule is COCC(=O)N[C@H]1CCCc2nc(C)ncc21. The van der Waals surface area contributed by atoms with Crippen LogP contribution in [0, 0.1) is 6.92 Å². The third-order valence-electron chi connectivity index (χ3n) is 2.91. The first-order chi connectivity index (χ1) is 8.20. The smallest absolute Gasteiger partial charge is 0.246 e. The Morgan fingerprint density at radius 1 is 1.65 bits per heavy atom. The van der Waals surface area contributed by atoms with E-state index in [1.54, 1.807) is 0 Å². The maximum Gasteiger partial charge on any atom is 0.246 e. The van der Waals surface area contributed by atoms with E-state index in [9.17, 15) is 4.79 Å². The fourth-order valence-corrected chi connectivity index (χ4v) is 2.16. The molecule has 0 aromatic carbocycles. The van der Waals surface area contributed by atoms with Crippen LogP contribution in [-0.4, -0.2) is 29.6 Å². The Morgan fingerprint density at radius 3 is 3.24 bits per heavy atom. The van der Waals surface area contributed by atoms with Crippen LogP contribution in [0.4, 0.5) is 0 Å². The lowest BCUT2D eigenvalue weighted by atomic mass is 9.92. The maximum absolute atomic E-state index is 11.5. The van der Waals surface area contributed by atoms with Crippen LogP contribution >= 0.6 is 0 Å². The molecule has 5 nitrogen and oxygen atoms in total. The number of hydrogen-bond donors (Lipinski definition) is 1. The molecule has 2 rings (SSSR count). The van der Waals surface area contributed by atoms with Crippen molar-refractivity contribution in [1.82, 2.24) is 15.3 Å². The number of aryl methyl sites for hydroxylation is 2. The molecule has 0 bridgehead atoms. The van der Waals surface area contributed by atoms with E-state index < -0.39 is 0 Å². The maximum atomic E-state index is 11.5. The van der Waals surface area contributed by atoms with Crippen molar-refractivity contribution < 1.29 is 9.53 Å². The molecular weight excluding hydrogens is 218 g/mol. The summed E-state index contributed by atoms with van der Waals surface area (Å²) in [6.07, 6.45) is 4.78. The van der Waals surface area contributed by atoms with E-state index in [0.29, 0.717) is 0 Å². The van der Waals surface area contributed by atoms with Gasteiger partial charge in [-0.2, -0.15) is 0 Å². The van der Waals surface area contributed by atoms with Crippen molar-refractivity contribution in [2.24, 2.45) is 0 Å². The lowest BCUT2D eigenvalue weighted by Gasteiger charge is -2.25. The van der Waals surface area contributed by atoms with E-state index in [0.717, 1.165) is 36.3 Å². The number of aromatic nitrogens is 2. The van der Waals surface area contributed by atoms with Crippen molar-refractivity contribution in [1.29, 1.82) is 0 Å². The summed E-state index contributed by atoms with van der Waals surface area (Å²) in [5.41, 5.74) is 2.11. The van der Waals surface area contributed by atoms with Gasteiger partial charge in [0.05, 0.1) is 6.04 Å². The Kier molecular flexibility index (Phi) is 3.68. The minimum Gasteiger partial charge on any atom is -0.375 e. The lowest BCUT2D eigenvalue weighted by Crippen LogP contribution is -2.33. The first-order valence-electron chi connectivity index (χ1n) is 5.81. The monoisotopic (exact) mass is 235 g/mol. The van der Waals surface area contributed by atoms with E-state index in [1.807, 2.05) is 13.1 Å². The Bertz CT molecular complexity index is 420. The average Bonchev–Trinajstić information content (AvgIpc) is 2.29. The molecule has 0 unspecified atom stereocenters. The van der Waals surface area contributed by atoms with Gasteiger partial charge in [-0.3, -0.25) is 4.79 Å². The van der Waals surface area contributed by atoms with Crippen molar-refractivity contribution in [3.8, 4) is 0 Å². The highest BCUT2D eigenvalue weighted by molar-refractivity contribution is 5.77. The average molecular weight is 235 g/mol. The largest absolute Gasteiger partial charge is 0.375 e. The van der Waals surface area contributed by atoms with Crippen LogP contribution in [0.3, 0.4) is 0 Å². The molecule has 1 heterocycles. The van der Waals surface area contributed by atoms with Crippen molar-refractivity contribution in [3.05, 3.63) is 23.3 Å². The molecule has 0 fully saturated rings. The summed E-state index contributed by atoms with van der Waals surface area (Å²) in [6, 6.07) is 0.0296. The minimum atomic E-state index is -0.0917. The predicted octanol–water partition coefficient (Wildman–Crippen LogP) is 0.925. The molecule has 1 aliphatic carbocycles. The highest BCUT2D eigenvalue weighted by atomic mass is 16.5. The van der Waals surface area contributed by atoms with Gasteiger partial charge in [-0.1, -0.05) is 0 Å². The molecule has 0 saturated carbocycles. The third-order valence-corrected chi connectivity index (χ3v) is 2.91. The number of rotatable bonds is 3. The van der Waals surface area contributed by atoms with Gasteiger partial charge >= 0.3 is 0 Å². The van der Waals surface area contributed by atoms with Crippen LogP contribution in [0.2, 0.25) is 0 Å². The fourth-order valence-electron chi connectivity index (χ4n) is 2.16. The standard InChI is InChI=1S/C12H17N3O2/c1-8-13-6-9-10(14-8)4-3-5-11(9)15-12(16)7-17-2/h6,11H,3-5,7H2,1-2H3,(H,15,16)/t11-/m0/s1. The Labute approximate surface area is 101 Å². The number of amides is 1. The summed E-state index contributed by atoms with van der Waals surface area (Å²) in [5.74, 6) is 0.693. The Balaban J connectivity index is 2.14. The topological polar surface area (TPSA) is 64.1 Å². The molecule has 1 N–H and O–H groups in total. The van der Waals surface area contributed by atoms with Crippen LogP contribution in [0.25, 0.3) is 0 Å². The van der Waals surface area contributed by atoms with E-state index in [-0.39, 0.29) is 18.6 Å². The van der Waals surface area contributed by atoms with E-state index in [2.05, 4.69) is 15.3 Å². The van der Waals surface area contributed by atoms with Crippen LogP contribution in [0.1, 0.15) is 36.0 Å². The zero-order valence-corrected chi connectivity index (χ0v) is 10.2. The summed E-state index contributed by atoms with van der Waals surface area (Å²) in [7, 11) is 1.51. The van der Waals surface area contributed by atoms with Crippen molar-refractivity contribution >= 4 is 5.91 Å². The molecule has 1 aromatic heterocycles. The first-order valence-corrected chi connectivity index (χ1v) is 5.81. The zero-order valence-electron chi connectivity index (χ0n) is 10.2. The van der Waals surface area contributed by atoms with Crippen molar-refractivity contribution in [2.45, 2.75) is 32.2 Å². The highest BCUT2D eigenvalue weighted by Gasteiger charge is 2.23. The first kappa shape index (κ1) is 12.0. The van der Waals surface area contributed by atoms with Gasteiger partial charge in [0, 0.05) is 24.6 Å². The normalized spacial score (nSPS) is 18.6. The lowest BCUT2D eigenvalue weighted by molar-refractivity contribution is -0.125. The molecule has 92 valence electrons. The van der Waals surface area contributed by atoms with Crippen molar-refractivity contribution in [3.63, 3.8) is 0 Å². The fraction of sp³-hybridized carbons (Fsp3) is 0.583. The van der Waals surface area contributed by atoms with Crippen LogP contribution < -0.4 is 5.32 Å². The van der Waals surface area contributed by atoms with Gasteiger partial charge in [-0.25, -0.2) is 9.97 Å². The van der Waals surface area contributed by atoms with E-state index >= 15 is 0 Å². The summed E-state index contributed by atoms with van der Waals surface area (Å²) in [6.45, 7) is 1.98. The second kappa shape index (κ2) is 5.23. The molecule has 17 heavy (non-hydrogen) atoms. The summed E-state index contributed by atoms with van der Waals surface area (Å²) >= 11 is 0. The second-order valence-electron chi connectivity index (χ2n) is 4.26. The van der Waals surface area contributed by atoms with Gasteiger partial charge in [0.15, 0.2) is 0 Å². The molecule has 0 spiro atoms. The van der Waals surface area contributed by atoms with Gasteiger partial charge < -0.3 is 10.1 Å². The number of ether oxygens (including phenoxy) is 1. The molecule has 1 aliphatic rings. The molecule has 0 aliphatic heterocycles. The number of fused-ring (bicyclic) bond motifs is 1. The van der Waals surface area contributed by atoms with Gasteiger partial charge in [-0.15, -0.1) is 0 Å². The number of carbonyl (C=O) groups excluding carboxylic acids is 1. The molecule has 0 radical (unpaired) electrons. The van der Waals surface area contributed by atoms with Gasteiger partial charge in [0.1, 0.15) is 12.4 Å². The van der Waals surface area contributed by atoms with Crippen LogP contribution in [0.5, 0.6) is 0 Å². The zero-order chi connectivity index (χ0) is 12.3. The predicted molar refractivity (Wildman–Crippen MR) is 62.5 cm³/mol. The Hall–Kier alpha value is -1.49. The molecule has 1 aromatic rings. The second-order valence-corrected chi connectivity index (χ2v) is 4.26. The number of nitrogens with zero attached hydrogens (tertiary/aromatic N) is 2. The summed E-state index contributed by atoms with van der Waals surface area (Å²) < 4.78 is 4.81.